The Labute approximate surface area is 234 Å². The number of nitrogens with one attached hydrogen (secondary N) is 1. The van der Waals surface area contributed by atoms with Crippen LogP contribution in [0.1, 0.15) is 28.8 Å². The lowest BCUT2D eigenvalue weighted by Gasteiger charge is -2.30. The number of pyridine rings is 1. The maximum absolute atomic E-state index is 13.4. The van der Waals surface area contributed by atoms with Crippen LogP contribution in [0.15, 0.2) is 42.7 Å². The highest BCUT2D eigenvalue weighted by molar-refractivity contribution is 5.96. The predicted octanol–water partition coefficient (Wildman–Crippen LogP) is 1.53. The number of hydrogen-bond donors (Lipinski definition) is 1. The number of ether oxygens (including phenoxy) is 3. The van der Waals surface area contributed by atoms with Gasteiger partial charge in [0.25, 0.3) is 5.91 Å². The lowest BCUT2D eigenvalue weighted by atomic mass is 9.96. The second kappa shape index (κ2) is 12.8. The van der Waals surface area contributed by atoms with Gasteiger partial charge in [-0.25, -0.2) is 0 Å². The predicted molar refractivity (Wildman–Crippen MR) is 146 cm³/mol. The van der Waals surface area contributed by atoms with Gasteiger partial charge in [-0.3, -0.25) is 19.4 Å². The summed E-state index contributed by atoms with van der Waals surface area (Å²) in [5.74, 6) is 0.406. The molecular weight excluding hydrogens is 514 g/mol. The first kappa shape index (κ1) is 28.0. The SMILES string of the molecule is COCCN1CC(=O)N[C@H]2CN(C(=O)C3CCN(C)CC3)C[C@@H]2OCc2cccc(c2)Oc2cncc(c2)C1=O. The van der Waals surface area contributed by atoms with Crippen molar-refractivity contribution in [3.63, 3.8) is 0 Å². The van der Waals surface area contributed by atoms with Crippen LogP contribution in [-0.2, 0) is 25.7 Å². The standard InChI is InChI=1S/C29H37N5O6/c1-32-8-6-21(7-9-32)28(36)34-16-25-26(17-34)39-19-20-4-3-5-23(12-20)40-24-13-22(14-30-15-24)29(37)33(10-11-38-2)18-27(35)31-25/h3-5,12-15,21,25-26H,6-11,16-19H2,1-2H3,(H,31,35)/t25-,26-/m0/s1. The molecule has 2 fully saturated rings. The molecule has 0 saturated carbocycles. The van der Waals surface area contributed by atoms with E-state index in [1.807, 2.05) is 29.2 Å². The van der Waals surface area contributed by atoms with Crippen molar-refractivity contribution in [2.24, 2.45) is 5.92 Å². The van der Waals surface area contributed by atoms with Crippen LogP contribution in [-0.4, -0.2) is 110 Å². The Bertz CT molecular complexity index is 1220. The van der Waals surface area contributed by atoms with Gasteiger partial charge >= 0.3 is 0 Å². The van der Waals surface area contributed by atoms with Crippen molar-refractivity contribution in [3.05, 3.63) is 53.9 Å². The molecule has 3 amide bonds. The molecule has 11 nitrogen and oxygen atoms in total. The number of carbonyl (C=O) groups is 3. The van der Waals surface area contributed by atoms with E-state index in [2.05, 4.69) is 22.2 Å². The monoisotopic (exact) mass is 551 g/mol. The number of amides is 3. The zero-order valence-corrected chi connectivity index (χ0v) is 23.1. The van der Waals surface area contributed by atoms with Crippen LogP contribution in [0.25, 0.3) is 0 Å². The molecule has 1 N–H and O–H groups in total. The van der Waals surface area contributed by atoms with Crippen molar-refractivity contribution < 1.29 is 28.6 Å². The lowest BCUT2D eigenvalue weighted by molar-refractivity contribution is -0.136. The van der Waals surface area contributed by atoms with Gasteiger partial charge in [-0.15, -0.1) is 0 Å². The molecule has 40 heavy (non-hydrogen) atoms. The zero-order valence-electron chi connectivity index (χ0n) is 23.1. The summed E-state index contributed by atoms with van der Waals surface area (Å²) in [6, 6.07) is 8.71. The number of nitrogens with zero attached hydrogens (tertiary/aromatic N) is 4. The van der Waals surface area contributed by atoms with E-state index in [0.717, 1.165) is 31.5 Å². The number of likely N-dealkylation sites (tertiary alicyclic amines) is 2. The Morgan fingerprint density at radius 1 is 1.12 bits per heavy atom. The summed E-state index contributed by atoms with van der Waals surface area (Å²) < 4.78 is 17.5. The quantitative estimate of drug-likeness (QED) is 0.609. The fourth-order valence-electron chi connectivity index (χ4n) is 5.47. The van der Waals surface area contributed by atoms with Crippen LogP contribution in [0.4, 0.5) is 0 Å². The molecule has 2 aromatic rings. The van der Waals surface area contributed by atoms with Gasteiger partial charge in [0, 0.05) is 38.9 Å². The highest BCUT2D eigenvalue weighted by Gasteiger charge is 2.39. The van der Waals surface area contributed by atoms with Gasteiger partial charge in [-0.2, -0.15) is 0 Å². The van der Waals surface area contributed by atoms with Gasteiger partial charge in [0.1, 0.15) is 11.5 Å². The fraction of sp³-hybridized carbons (Fsp3) is 0.517. The molecule has 3 aliphatic rings. The van der Waals surface area contributed by atoms with Crippen LogP contribution in [0, 0.1) is 5.92 Å². The normalized spacial score (nSPS) is 22.9. The van der Waals surface area contributed by atoms with Crippen LogP contribution in [0.5, 0.6) is 11.5 Å². The molecule has 1 aromatic carbocycles. The van der Waals surface area contributed by atoms with Crippen LogP contribution >= 0.6 is 0 Å². The van der Waals surface area contributed by atoms with Gasteiger partial charge in [-0.1, -0.05) is 12.1 Å². The van der Waals surface area contributed by atoms with E-state index < -0.39 is 12.1 Å². The number of methoxy groups -OCH3 is 1. The molecule has 4 bridgehead atoms. The Hall–Kier alpha value is -3.54. The van der Waals surface area contributed by atoms with E-state index in [0.29, 0.717) is 36.8 Å². The van der Waals surface area contributed by atoms with Gasteiger partial charge in [-0.05, 0) is 56.7 Å². The Kier molecular flexibility index (Phi) is 8.93. The topological polar surface area (TPSA) is 114 Å². The van der Waals surface area contributed by atoms with Gasteiger partial charge in [0.15, 0.2) is 0 Å². The first-order chi connectivity index (χ1) is 19.4. The Morgan fingerprint density at radius 2 is 1.95 bits per heavy atom. The minimum absolute atomic E-state index is 0.0208. The third-order valence-electron chi connectivity index (χ3n) is 7.74. The smallest absolute Gasteiger partial charge is 0.256 e. The van der Waals surface area contributed by atoms with Crippen molar-refractivity contribution >= 4 is 17.7 Å². The third kappa shape index (κ3) is 6.78. The number of hydrogen-bond acceptors (Lipinski definition) is 8. The average molecular weight is 552 g/mol. The van der Waals surface area contributed by atoms with Gasteiger partial charge < -0.3 is 34.2 Å². The molecule has 11 heteroatoms. The minimum atomic E-state index is -0.403. The second-order valence-electron chi connectivity index (χ2n) is 10.7. The Morgan fingerprint density at radius 3 is 2.75 bits per heavy atom. The number of piperidine rings is 1. The number of aromatic nitrogens is 1. The van der Waals surface area contributed by atoms with E-state index in [9.17, 15) is 14.4 Å². The molecule has 0 aliphatic carbocycles. The summed E-state index contributed by atoms with van der Waals surface area (Å²) in [6.45, 7) is 3.17. The molecule has 0 radical (unpaired) electrons. The highest BCUT2D eigenvalue weighted by atomic mass is 16.5. The van der Waals surface area contributed by atoms with Crippen LogP contribution < -0.4 is 10.1 Å². The summed E-state index contributed by atoms with van der Waals surface area (Å²) in [7, 11) is 3.61. The lowest BCUT2D eigenvalue weighted by Crippen LogP contribution is -2.49. The van der Waals surface area contributed by atoms with Crippen molar-refractivity contribution in [1.29, 1.82) is 0 Å². The van der Waals surface area contributed by atoms with Crippen molar-refractivity contribution in [2.75, 3.05) is 60.0 Å². The summed E-state index contributed by atoms with van der Waals surface area (Å²) in [5.41, 5.74) is 1.20. The first-order valence-electron chi connectivity index (χ1n) is 13.8. The molecular formula is C29H37N5O6. The second-order valence-corrected chi connectivity index (χ2v) is 10.7. The van der Waals surface area contributed by atoms with E-state index >= 15 is 0 Å². The van der Waals surface area contributed by atoms with E-state index in [-0.39, 0.29) is 43.3 Å². The maximum Gasteiger partial charge on any atom is 0.256 e. The molecule has 1 aromatic heterocycles. The summed E-state index contributed by atoms with van der Waals surface area (Å²) in [6.07, 6.45) is 4.26. The van der Waals surface area contributed by atoms with E-state index in [4.69, 9.17) is 14.2 Å². The number of fused-ring (bicyclic) bond motifs is 5. The van der Waals surface area contributed by atoms with E-state index in [1.165, 1.54) is 17.3 Å². The molecule has 214 valence electrons. The van der Waals surface area contributed by atoms with Gasteiger partial charge in [0.05, 0.1) is 43.7 Å². The summed E-state index contributed by atoms with van der Waals surface area (Å²) >= 11 is 0. The van der Waals surface area contributed by atoms with Crippen LogP contribution in [0.2, 0.25) is 0 Å². The average Bonchev–Trinajstić information content (AvgIpc) is 3.36. The van der Waals surface area contributed by atoms with Crippen molar-refractivity contribution in [3.8, 4) is 11.5 Å². The molecule has 2 saturated heterocycles. The fourth-order valence-corrected chi connectivity index (χ4v) is 5.47. The van der Waals surface area contributed by atoms with Crippen molar-refractivity contribution in [2.45, 2.75) is 31.6 Å². The largest absolute Gasteiger partial charge is 0.456 e. The molecule has 5 rings (SSSR count). The van der Waals surface area contributed by atoms with Crippen LogP contribution in [0.3, 0.4) is 0 Å². The summed E-state index contributed by atoms with van der Waals surface area (Å²) in [4.78, 5) is 49.8. The van der Waals surface area contributed by atoms with Crippen molar-refractivity contribution in [1.82, 2.24) is 25.0 Å². The molecule has 3 aliphatic heterocycles. The number of carbonyl (C=O) groups excluding carboxylic acids is 3. The molecule has 0 unspecified atom stereocenters. The summed E-state index contributed by atoms with van der Waals surface area (Å²) in [5, 5.41) is 3.06. The highest BCUT2D eigenvalue weighted by Crippen LogP contribution is 2.26. The molecule has 0 spiro atoms. The number of benzene rings is 1. The first-order valence-corrected chi connectivity index (χ1v) is 13.8. The zero-order chi connectivity index (χ0) is 28.1. The molecule has 2 atom stereocenters. The minimum Gasteiger partial charge on any atom is -0.456 e. The van der Waals surface area contributed by atoms with E-state index in [1.54, 1.807) is 13.2 Å². The maximum atomic E-state index is 13.4. The molecule has 4 heterocycles. The Balaban J connectivity index is 1.39. The van der Waals surface area contributed by atoms with Gasteiger partial charge in [0.2, 0.25) is 11.8 Å². The number of rotatable bonds is 4. The third-order valence-corrected chi connectivity index (χ3v) is 7.74.